The van der Waals surface area contributed by atoms with Crippen molar-refractivity contribution in [2.24, 2.45) is 11.8 Å². The van der Waals surface area contributed by atoms with E-state index in [-0.39, 0.29) is 0 Å². The number of piperidine rings is 2. The van der Waals surface area contributed by atoms with Gasteiger partial charge in [0, 0.05) is 36.0 Å². The van der Waals surface area contributed by atoms with Gasteiger partial charge >= 0.3 is 6.18 Å². The molecule has 0 unspecified atom stereocenters. The van der Waals surface area contributed by atoms with Crippen molar-refractivity contribution in [2.45, 2.75) is 31.9 Å². The molecule has 0 aromatic carbocycles. The molecule has 0 aromatic rings. The molecule has 6 heteroatoms. The van der Waals surface area contributed by atoms with E-state index >= 15 is 0 Å². The fourth-order valence-electron chi connectivity index (χ4n) is 3.18. The molecule has 0 amide bonds. The van der Waals surface area contributed by atoms with E-state index in [1.807, 2.05) is 0 Å². The number of nitrogens with zero attached hydrogens (tertiary/aromatic N) is 2. The van der Waals surface area contributed by atoms with Gasteiger partial charge in [-0.3, -0.25) is 4.90 Å². The Kier molecular flexibility index (Phi) is 5.16. The lowest BCUT2D eigenvalue weighted by Gasteiger charge is -2.39. The molecule has 2 heterocycles. The van der Waals surface area contributed by atoms with Crippen LogP contribution in [0.5, 0.6) is 0 Å². The van der Waals surface area contributed by atoms with Gasteiger partial charge in [0.2, 0.25) is 0 Å². The van der Waals surface area contributed by atoms with Crippen LogP contribution in [0.4, 0.5) is 13.2 Å². The SMILES string of the molecule is FC(F)(F)CN1CCC(C2CCN(I)CC2)CC1. The molecule has 0 saturated carbocycles. The molecule has 0 aliphatic carbocycles. The van der Waals surface area contributed by atoms with Crippen molar-refractivity contribution in [3.63, 3.8) is 0 Å². The second kappa shape index (κ2) is 6.26. The topological polar surface area (TPSA) is 6.48 Å². The molecule has 0 atom stereocenters. The molecule has 0 N–H and O–H groups in total. The van der Waals surface area contributed by atoms with Crippen LogP contribution in [0.25, 0.3) is 0 Å². The average molecular weight is 376 g/mol. The maximum Gasteiger partial charge on any atom is 0.401 e. The molecule has 0 bridgehead atoms. The summed E-state index contributed by atoms with van der Waals surface area (Å²) in [4.78, 5) is 1.56. The third-order valence-electron chi connectivity index (χ3n) is 4.19. The minimum atomic E-state index is -4.04. The van der Waals surface area contributed by atoms with Crippen LogP contribution in [0.3, 0.4) is 0 Å². The van der Waals surface area contributed by atoms with Gasteiger partial charge in [-0.1, -0.05) is 0 Å². The van der Waals surface area contributed by atoms with Crippen LogP contribution in [-0.4, -0.2) is 46.9 Å². The highest BCUT2D eigenvalue weighted by Gasteiger charge is 2.34. The summed E-state index contributed by atoms with van der Waals surface area (Å²) in [6, 6.07) is 0. The zero-order chi connectivity index (χ0) is 13.2. The Bertz CT molecular complexity index is 257. The smallest absolute Gasteiger partial charge is 0.295 e. The van der Waals surface area contributed by atoms with E-state index in [0.717, 1.165) is 31.8 Å². The fourth-order valence-corrected chi connectivity index (χ4v) is 3.73. The first-order valence-electron chi connectivity index (χ1n) is 6.64. The highest BCUT2D eigenvalue weighted by atomic mass is 127. The number of hydrogen-bond donors (Lipinski definition) is 0. The molecule has 0 radical (unpaired) electrons. The Morgan fingerprint density at radius 3 is 1.78 bits per heavy atom. The van der Waals surface area contributed by atoms with Crippen molar-refractivity contribution in [3.8, 4) is 0 Å². The summed E-state index contributed by atoms with van der Waals surface area (Å²) in [6.07, 6.45) is 0.281. The minimum Gasteiger partial charge on any atom is -0.295 e. The predicted octanol–water partition coefficient (Wildman–Crippen LogP) is 3.32. The zero-order valence-electron chi connectivity index (χ0n) is 10.4. The number of rotatable bonds is 2. The molecule has 18 heavy (non-hydrogen) atoms. The Morgan fingerprint density at radius 2 is 1.33 bits per heavy atom. The summed E-state index contributed by atoms with van der Waals surface area (Å²) in [6.45, 7) is 2.77. The van der Waals surface area contributed by atoms with Crippen molar-refractivity contribution in [2.75, 3.05) is 32.7 Å². The normalized spacial score (nSPS) is 26.7. The Labute approximate surface area is 120 Å². The molecular formula is C12H20F3IN2. The molecule has 2 rings (SSSR count). The minimum absolute atomic E-state index is 0.620. The van der Waals surface area contributed by atoms with Crippen molar-refractivity contribution in [1.82, 2.24) is 8.01 Å². The lowest BCUT2D eigenvalue weighted by Crippen LogP contribution is -2.42. The molecular weight excluding hydrogens is 356 g/mol. The highest BCUT2D eigenvalue weighted by Crippen LogP contribution is 2.33. The van der Waals surface area contributed by atoms with E-state index in [2.05, 4.69) is 26.0 Å². The van der Waals surface area contributed by atoms with Crippen molar-refractivity contribution in [1.29, 1.82) is 0 Å². The third-order valence-corrected chi connectivity index (χ3v) is 5.15. The number of alkyl halides is 3. The largest absolute Gasteiger partial charge is 0.401 e. The Balaban J connectivity index is 1.73. The Hall–Kier alpha value is 0.440. The number of likely N-dealkylation sites (tertiary alicyclic amines) is 1. The van der Waals surface area contributed by atoms with E-state index in [9.17, 15) is 13.2 Å². The quantitative estimate of drug-likeness (QED) is 0.539. The van der Waals surface area contributed by atoms with Gasteiger partial charge in [-0.05, 0) is 50.6 Å². The van der Waals surface area contributed by atoms with E-state index < -0.39 is 12.7 Å². The first-order valence-corrected chi connectivity index (χ1v) is 7.60. The fraction of sp³-hybridized carbons (Fsp3) is 1.00. The van der Waals surface area contributed by atoms with E-state index in [1.165, 1.54) is 12.8 Å². The van der Waals surface area contributed by atoms with Crippen LogP contribution in [0.15, 0.2) is 0 Å². The van der Waals surface area contributed by atoms with Gasteiger partial charge < -0.3 is 0 Å². The van der Waals surface area contributed by atoms with Crippen molar-refractivity contribution >= 4 is 22.9 Å². The summed E-state index contributed by atoms with van der Waals surface area (Å²) in [5.41, 5.74) is 0. The first kappa shape index (κ1) is 14.8. The van der Waals surface area contributed by atoms with E-state index in [4.69, 9.17) is 0 Å². The third kappa shape index (κ3) is 4.52. The highest BCUT2D eigenvalue weighted by molar-refractivity contribution is 14.1. The second-order valence-electron chi connectivity index (χ2n) is 5.48. The summed E-state index contributed by atoms with van der Waals surface area (Å²) in [7, 11) is 0. The summed E-state index contributed by atoms with van der Waals surface area (Å²) >= 11 is 2.36. The van der Waals surface area contributed by atoms with Gasteiger partial charge in [-0.2, -0.15) is 13.2 Å². The van der Waals surface area contributed by atoms with Gasteiger partial charge in [0.05, 0.1) is 6.54 Å². The number of halogens is 4. The Morgan fingerprint density at radius 1 is 0.889 bits per heavy atom. The summed E-state index contributed by atoms with van der Waals surface area (Å²) in [5, 5.41) is 0. The molecule has 0 spiro atoms. The first-order chi connectivity index (χ1) is 8.44. The van der Waals surface area contributed by atoms with Crippen LogP contribution in [0.2, 0.25) is 0 Å². The summed E-state index contributed by atoms with van der Waals surface area (Å²) in [5.74, 6) is 1.39. The van der Waals surface area contributed by atoms with Gasteiger partial charge in [0.15, 0.2) is 0 Å². The molecule has 2 nitrogen and oxygen atoms in total. The van der Waals surface area contributed by atoms with Crippen LogP contribution >= 0.6 is 22.9 Å². The predicted molar refractivity (Wildman–Crippen MR) is 73.5 cm³/mol. The van der Waals surface area contributed by atoms with Crippen LogP contribution in [0, 0.1) is 11.8 Å². The van der Waals surface area contributed by atoms with E-state index in [0.29, 0.717) is 19.0 Å². The lowest BCUT2D eigenvalue weighted by molar-refractivity contribution is -0.149. The summed E-state index contributed by atoms with van der Waals surface area (Å²) < 4.78 is 39.2. The van der Waals surface area contributed by atoms with Crippen molar-refractivity contribution in [3.05, 3.63) is 0 Å². The van der Waals surface area contributed by atoms with E-state index in [1.54, 1.807) is 4.90 Å². The van der Waals surface area contributed by atoms with Gasteiger partial charge in [0.1, 0.15) is 0 Å². The number of hydrogen-bond acceptors (Lipinski definition) is 2. The zero-order valence-corrected chi connectivity index (χ0v) is 12.6. The van der Waals surface area contributed by atoms with Gasteiger partial charge in [-0.25, -0.2) is 3.11 Å². The van der Waals surface area contributed by atoms with Crippen molar-refractivity contribution < 1.29 is 13.2 Å². The van der Waals surface area contributed by atoms with Gasteiger partial charge in [0.25, 0.3) is 0 Å². The van der Waals surface area contributed by atoms with Crippen LogP contribution in [-0.2, 0) is 0 Å². The molecule has 2 saturated heterocycles. The maximum atomic E-state index is 12.3. The maximum absolute atomic E-state index is 12.3. The average Bonchev–Trinajstić information content (AvgIpc) is 2.29. The second-order valence-corrected chi connectivity index (χ2v) is 6.84. The van der Waals surface area contributed by atoms with Gasteiger partial charge in [-0.15, -0.1) is 0 Å². The molecule has 2 fully saturated rings. The molecule has 0 aromatic heterocycles. The van der Waals surface area contributed by atoms with Crippen LogP contribution < -0.4 is 0 Å². The standard InChI is InChI=1S/C12H20F3IN2/c13-12(14,15)9-17-5-1-10(2-6-17)11-3-7-18(16)8-4-11/h10-11H,1-9H2. The monoisotopic (exact) mass is 376 g/mol. The molecule has 106 valence electrons. The lowest BCUT2D eigenvalue weighted by atomic mass is 9.79. The van der Waals surface area contributed by atoms with Crippen LogP contribution in [0.1, 0.15) is 25.7 Å². The molecule has 2 aliphatic heterocycles. The molecule has 2 aliphatic rings.